The van der Waals surface area contributed by atoms with E-state index in [9.17, 15) is 0 Å². The molecule has 2 nitrogen and oxygen atoms in total. The number of benzene rings is 8. The quantitative estimate of drug-likeness (QED) is 0.115. The number of anilines is 6. The van der Waals surface area contributed by atoms with Crippen LogP contribution in [0.15, 0.2) is 146 Å². The Labute approximate surface area is 311 Å². The molecule has 0 aliphatic heterocycles. The van der Waals surface area contributed by atoms with Crippen molar-refractivity contribution in [1.29, 1.82) is 0 Å². The van der Waals surface area contributed by atoms with Gasteiger partial charge in [-0.15, -0.1) is 0 Å². The zero-order valence-electron chi connectivity index (χ0n) is 31.8. The van der Waals surface area contributed by atoms with Crippen LogP contribution in [-0.2, 0) is 0 Å². The molecule has 8 rings (SSSR count). The highest BCUT2D eigenvalue weighted by Crippen LogP contribution is 2.47. The number of hydrogen-bond acceptors (Lipinski definition) is 2. The number of nitrogens with zero attached hydrogens (tertiary/aromatic N) is 2. The van der Waals surface area contributed by atoms with Crippen LogP contribution in [0, 0.1) is 13.8 Å². The molecular formula is C48H48N2Si2. The Morgan fingerprint density at radius 2 is 0.615 bits per heavy atom. The van der Waals surface area contributed by atoms with E-state index >= 15 is 0 Å². The van der Waals surface area contributed by atoms with Crippen LogP contribution >= 0.6 is 0 Å². The summed E-state index contributed by atoms with van der Waals surface area (Å²) < 4.78 is 0. The molecule has 0 N–H and O–H groups in total. The van der Waals surface area contributed by atoms with Crippen molar-refractivity contribution in [2.24, 2.45) is 0 Å². The average molecular weight is 709 g/mol. The maximum Gasteiger partial charge on any atom is 0.0775 e. The second kappa shape index (κ2) is 12.8. The summed E-state index contributed by atoms with van der Waals surface area (Å²) in [7, 11) is -2.89. The van der Waals surface area contributed by atoms with Gasteiger partial charge in [0.2, 0.25) is 0 Å². The molecule has 258 valence electrons. The molecule has 0 amide bonds. The molecule has 0 heterocycles. The van der Waals surface area contributed by atoms with Crippen LogP contribution in [-0.4, -0.2) is 16.1 Å². The molecular weight excluding hydrogens is 661 g/mol. The Bertz CT molecular complexity index is 2340. The fourth-order valence-electron chi connectivity index (χ4n) is 7.62. The summed E-state index contributed by atoms with van der Waals surface area (Å²) in [4.78, 5) is 4.89. The van der Waals surface area contributed by atoms with Gasteiger partial charge in [0.05, 0.1) is 27.5 Å². The standard InChI is InChI=1S/C48H48N2Si2/c1-33-9-17-37(18-10-33)49(39-21-25-41(26-22-39)51(3,4)5)45-31-15-35-14-30-44-46(32-16-36-13-29-43(45)47(35)48(36)44)50(38-19-11-34(2)12-20-38)40-23-27-42(28-24-40)52(6,7)8/h9-32H,1-8H3. The van der Waals surface area contributed by atoms with Gasteiger partial charge in [0.15, 0.2) is 0 Å². The fourth-order valence-corrected chi connectivity index (χ4v) is 9.96. The molecule has 0 fully saturated rings. The van der Waals surface area contributed by atoms with Gasteiger partial charge in [-0.1, -0.05) is 146 Å². The Morgan fingerprint density at radius 3 is 0.923 bits per heavy atom. The lowest BCUT2D eigenvalue weighted by atomic mass is 9.91. The van der Waals surface area contributed by atoms with Crippen molar-refractivity contribution in [3.05, 3.63) is 157 Å². The smallest absolute Gasteiger partial charge is 0.0775 e. The van der Waals surface area contributed by atoms with Gasteiger partial charge in [-0.2, -0.15) is 0 Å². The summed E-state index contributed by atoms with van der Waals surface area (Å²) in [6.07, 6.45) is 0. The van der Waals surface area contributed by atoms with Crippen LogP contribution in [0.25, 0.3) is 32.3 Å². The van der Waals surface area contributed by atoms with E-state index in [0.717, 1.165) is 11.4 Å². The lowest BCUT2D eigenvalue weighted by molar-refractivity contribution is 1.29. The van der Waals surface area contributed by atoms with Gasteiger partial charge in [0, 0.05) is 33.5 Å². The monoisotopic (exact) mass is 708 g/mol. The van der Waals surface area contributed by atoms with Gasteiger partial charge in [0.1, 0.15) is 0 Å². The van der Waals surface area contributed by atoms with E-state index in [1.165, 1.54) is 76.6 Å². The predicted molar refractivity (Wildman–Crippen MR) is 235 cm³/mol. The Morgan fingerprint density at radius 1 is 0.327 bits per heavy atom. The normalized spacial score (nSPS) is 12.2. The first kappa shape index (κ1) is 33.9. The van der Waals surface area contributed by atoms with Gasteiger partial charge < -0.3 is 9.80 Å². The first-order chi connectivity index (χ1) is 24.9. The van der Waals surface area contributed by atoms with Gasteiger partial charge in [-0.25, -0.2) is 0 Å². The molecule has 0 spiro atoms. The summed E-state index contributed by atoms with van der Waals surface area (Å²) >= 11 is 0. The summed E-state index contributed by atoms with van der Waals surface area (Å²) in [5.41, 5.74) is 9.57. The molecule has 0 aromatic heterocycles. The van der Waals surface area contributed by atoms with Crippen LogP contribution in [0.3, 0.4) is 0 Å². The largest absolute Gasteiger partial charge is 0.310 e. The third-order valence-electron chi connectivity index (χ3n) is 10.7. The molecule has 0 aliphatic carbocycles. The number of hydrogen-bond donors (Lipinski definition) is 0. The van der Waals surface area contributed by atoms with Gasteiger partial charge in [-0.05, 0) is 96.1 Å². The van der Waals surface area contributed by atoms with E-state index in [2.05, 4.69) is 209 Å². The second-order valence-corrected chi connectivity index (χ2v) is 26.7. The third kappa shape index (κ3) is 6.10. The molecule has 0 saturated carbocycles. The molecule has 8 aromatic rings. The minimum atomic E-state index is -1.44. The van der Waals surface area contributed by atoms with Crippen LogP contribution in [0.5, 0.6) is 0 Å². The maximum atomic E-state index is 2.44. The summed E-state index contributed by atoms with van der Waals surface area (Å²) in [5.74, 6) is 0. The maximum absolute atomic E-state index is 2.44. The molecule has 0 atom stereocenters. The Kier molecular flexibility index (Phi) is 8.36. The van der Waals surface area contributed by atoms with Gasteiger partial charge in [0.25, 0.3) is 0 Å². The number of rotatable bonds is 8. The average Bonchev–Trinajstić information content (AvgIpc) is 3.13. The van der Waals surface area contributed by atoms with E-state index in [1.54, 1.807) is 0 Å². The molecule has 0 aliphatic rings. The molecule has 0 radical (unpaired) electrons. The Balaban J connectivity index is 1.36. The van der Waals surface area contributed by atoms with Crippen molar-refractivity contribution in [2.75, 3.05) is 9.80 Å². The highest BCUT2D eigenvalue weighted by molar-refractivity contribution is 6.89. The zero-order valence-corrected chi connectivity index (χ0v) is 33.8. The minimum Gasteiger partial charge on any atom is -0.310 e. The van der Waals surface area contributed by atoms with Gasteiger partial charge >= 0.3 is 0 Å². The third-order valence-corrected chi connectivity index (χ3v) is 14.8. The first-order valence-electron chi connectivity index (χ1n) is 18.5. The minimum absolute atomic E-state index is 1.16. The number of aryl methyl sites for hydroxylation is 2. The van der Waals surface area contributed by atoms with E-state index in [1.807, 2.05) is 0 Å². The fraction of sp³-hybridized carbons (Fsp3) is 0.167. The van der Waals surface area contributed by atoms with E-state index in [0.29, 0.717) is 0 Å². The summed E-state index contributed by atoms with van der Waals surface area (Å²) in [6.45, 7) is 18.8. The van der Waals surface area contributed by atoms with E-state index in [-0.39, 0.29) is 0 Å². The van der Waals surface area contributed by atoms with Gasteiger partial charge in [-0.3, -0.25) is 0 Å². The first-order valence-corrected chi connectivity index (χ1v) is 25.5. The highest BCUT2D eigenvalue weighted by atomic mass is 28.3. The topological polar surface area (TPSA) is 6.48 Å². The van der Waals surface area contributed by atoms with E-state index in [4.69, 9.17) is 0 Å². The van der Waals surface area contributed by atoms with Crippen molar-refractivity contribution in [3.63, 3.8) is 0 Å². The predicted octanol–water partition coefficient (Wildman–Crippen LogP) is 13.2. The van der Waals surface area contributed by atoms with Crippen molar-refractivity contribution < 1.29 is 0 Å². The van der Waals surface area contributed by atoms with Crippen molar-refractivity contribution in [2.45, 2.75) is 53.1 Å². The Hall–Kier alpha value is -5.17. The van der Waals surface area contributed by atoms with Crippen molar-refractivity contribution in [1.82, 2.24) is 0 Å². The molecule has 8 aromatic carbocycles. The van der Waals surface area contributed by atoms with E-state index < -0.39 is 16.1 Å². The molecule has 0 saturated heterocycles. The summed E-state index contributed by atoms with van der Waals surface area (Å²) in [6, 6.07) is 55.1. The zero-order chi connectivity index (χ0) is 36.4. The molecule has 4 heteroatoms. The second-order valence-electron chi connectivity index (χ2n) is 16.5. The van der Waals surface area contributed by atoms with Crippen LogP contribution < -0.4 is 20.2 Å². The molecule has 0 bridgehead atoms. The highest BCUT2D eigenvalue weighted by Gasteiger charge is 2.23. The SMILES string of the molecule is Cc1ccc(N(c2ccc([Si](C)(C)C)cc2)c2ccc3ccc4c(N(c5ccc(C)cc5)c5ccc([Si](C)(C)C)cc5)ccc5ccc2c3c54)cc1. The summed E-state index contributed by atoms with van der Waals surface area (Å²) in [5, 5.41) is 10.6. The van der Waals surface area contributed by atoms with Crippen LogP contribution in [0.4, 0.5) is 34.1 Å². The lowest BCUT2D eigenvalue weighted by Crippen LogP contribution is -2.37. The van der Waals surface area contributed by atoms with Crippen LogP contribution in [0.1, 0.15) is 11.1 Å². The van der Waals surface area contributed by atoms with Crippen molar-refractivity contribution in [3.8, 4) is 0 Å². The molecule has 52 heavy (non-hydrogen) atoms. The van der Waals surface area contributed by atoms with Crippen molar-refractivity contribution >= 4 is 93.0 Å². The lowest BCUT2D eigenvalue weighted by Gasteiger charge is -2.30. The molecule has 0 unspecified atom stereocenters. The van der Waals surface area contributed by atoms with Crippen LogP contribution in [0.2, 0.25) is 39.3 Å².